The highest BCUT2D eigenvalue weighted by atomic mass is 16.5. The standard InChI is InChI=1S/C17H17N3O/c1-3-18-17-16(21-2)15(19-11-20-17)14-10-6-8-12-7-4-5-9-13(12)14/h4-11H,3H2,1-2H3,(H,18,19,20). The van der Waals surface area contributed by atoms with Crippen molar-refractivity contribution in [2.45, 2.75) is 6.92 Å². The van der Waals surface area contributed by atoms with E-state index in [2.05, 4.69) is 39.6 Å². The van der Waals surface area contributed by atoms with E-state index in [1.165, 1.54) is 5.39 Å². The number of hydrogen-bond acceptors (Lipinski definition) is 4. The van der Waals surface area contributed by atoms with Crippen LogP contribution in [0.4, 0.5) is 5.82 Å². The molecule has 0 fully saturated rings. The Morgan fingerprint density at radius 2 is 1.86 bits per heavy atom. The molecule has 0 bridgehead atoms. The summed E-state index contributed by atoms with van der Waals surface area (Å²) in [5, 5.41) is 5.54. The second-order valence-electron chi connectivity index (χ2n) is 4.66. The molecule has 1 N–H and O–H groups in total. The first-order valence-electron chi connectivity index (χ1n) is 6.96. The Hall–Kier alpha value is -2.62. The van der Waals surface area contributed by atoms with Crippen LogP contribution in [0.3, 0.4) is 0 Å². The lowest BCUT2D eigenvalue weighted by atomic mass is 10.0. The monoisotopic (exact) mass is 279 g/mol. The number of ether oxygens (including phenoxy) is 1. The van der Waals surface area contributed by atoms with Gasteiger partial charge in [0.15, 0.2) is 11.6 Å². The summed E-state index contributed by atoms with van der Waals surface area (Å²) in [5.74, 6) is 1.40. The third-order valence-electron chi connectivity index (χ3n) is 3.40. The van der Waals surface area contributed by atoms with Crippen molar-refractivity contribution in [3.63, 3.8) is 0 Å². The Bertz CT molecular complexity index is 766. The molecule has 4 heteroatoms. The first-order chi connectivity index (χ1) is 10.3. The number of benzene rings is 2. The number of nitrogens with zero attached hydrogens (tertiary/aromatic N) is 2. The fourth-order valence-electron chi connectivity index (χ4n) is 2.48. The van der Waals surface area contributed by atoms with Crippen molar-refractivity contribution < 1.29 is 4.74 Å². The van der Waals surface area contributed by atoms with Gasteiger partial charge in [0.25, 0.3) is 0 Å². The minimum absolute atomic E-state index is 0.677. The van der Waals surface area contributed by atoms with Crippen LogP contribution in [-0.2, 0) is 0 Å². The molecule has 3 rings (SSSR count). The second kappa shape index (κ2) is 5.79. The van der Waals surface area contributed by atoms with Crippen LogP contribution in [0.1, 0.15) is 6.92 Å². The molecule has 0 saturated heterocycles. The topological polar surface area (TPSA) is 47.0 Å². The van der Waals surface area contributed by atoms with E-state index in [1.807, 2.05) is 25.1 Å². The van der Waals surface area contributed by atoms with Gasteiger partial charge in [-0.2, -0.15) is 0 Å². The SMILES string of the molecule is CCNc1ncnc(-c2cccc3ccccc23)c1OC. The lowest BCUT2D eigenvalue weighted by molar-refractivity contribution is 0.414. The molecule has 21 heavy (non-hydrogen) atoms. The van der Waals surface area contributed by atoms with Gasteiger partial charge >= 0.3 is 0 Å². The molecular formula is C17H17N3O. The van der Waals surface area contributed by atoms with Crippen molar-refractivity contribution >= 4 is 16.6 Å². The summed E-state index contributed by atoms with van der Waals surface area (Å²) < 4.78 is 5.54. The van der Waals surface area contributed by atoms with Crippen LogP contribution in [0, 0.1) is 0 Å². The van der Waals surface area contributed by atoms with Gasteiger partial charge in [-0.3, -0.25) is 0 Å². The number of fused-ring (bicyclic) bond motifs is 1. The first kappa shape index (κ1) is 13.4. The smallest absolute Gasteiger partial charge is 0.187 e. The molecule has 0 amide bonds. The minimum atomic E-state index is 0.677. The normalized spacial score (nSPS) is 10.6. The van der Waals surface area contributed by atoms with E-state index in [0.717, 1.165) is 29.0 Å². The first-order valence-corrected chi connectivity index (χ1v) is 6.96. The van der Waals surface area contributed by atoms with Crippen molar-refractivity contribution in [3.05, 3.63) is 48.8 Å². The molecule has 1 aromatic heterocycles. The maximum atomic E-state index is 5.54. The molecule has 0 radical (unpaired) electrons. The van der Waals surface area contributed by atoms with Gasteiger partial charge in [0.1, 0.15) is 12.0 Å². The lowest BCUT2D eigenvalue weighted by Gasteiger charge is -2.13. The molecular weight excluding hydrogens is 262 g/mol. The highest BCUT2D eigenvalue weighted by Crippen LogP contribution is 2.36. The largest absolute Gasteiger partial charge is 0.491 e. The van der Waals surface area contributed by atoms with E-state index >= 15 is 0 Å². The van der Waals surface area contributed by atoms with Gasteiger partial charge in [-0.25, -0.2) is 9.97 Å². The minimum Gasteiger partial charge on any atom is -0.491 e. The second-order valence-corrected chi connectivity index (χ2v) is 4.66. The van der Waals surface area contributed by atoms with E-state index in [9.17, 15) is 0 Å². The van der Waals surface area contributed by atoms with Crippen molar-refractivity contribution in [2.75, 3.05) is 19.0 Å². The molecule has 0 saturated carbocycles. The highest BCUT2D eigenvalue weighted by Gasteiger charge is 2.15. The van der Waals surface area contributed by atoms with E-state index in [-0.39, 0.29) is 0 Å². The summed E-state index contributed by atoms with van der Waals surface area (Å²) in [5.41, 5.74) is 1.85. The predicted molar refractivity (Wildman–Crippen MR) is 85.7 cm³/mol. The number of aromatic nitrogens is 2. The third kappa shape index (κ3) is 2.40. The lowest BCUT2D eigenvalue weighted by Crippen LogP contribution is -2.04. The third-order valence-corrected chi connectivity index (χ3v) is 3.40. The zero-order valence-corrected chi connectivity index (χ0v) is 12.1. The molecule has 0 aliphatic heterocycles. The van der Waals surface area contributed by atoms with Crippen molar-refractivity contribution in [1.29, 1.82) is 0 Å². The van der Waals surface area contributed by atoms with E-state index < -0.39 is 0 Å². The van der Waals surface area contributed by atoms with Crippen LogP contribution < -0.4 is 10.1 Å². The predicted octanol–water partition coefficient (Wildman–Crippen LogP) is 3.74. The number of anilines is 1. The zero-order valence-electron chi connectivity index (χ0n) is 12.1. The summed E-state index contributed by atoms with van der Waals surface area (Å²) in [6, 6.07) is 14.4. The van der Waals surface area contributed by atoms with Crippen LogP contribution in [0.2, 0.25) is 0 Å². The molecule has 0 atom stereocenters. The summed E-state index contributed by atoms with van der Waals surface area (Å²) in [6.45, 7) is 2.81. The maximum absolute atomic E-state index is 5.54. The summed E-state index contributed by atoms with van der Waals surface area (Å²) in [7, 11) is 1.65. The Morgan fingerprint density at radius 3 is 2.67 bits per heavy atom. The summed E-state index contributed by atoms with van der Waals surface area (Å²) in [4.78, 5) is 8.69. The van der Waals surface area contributed by atoms with Crippen LogP contribution >= 0.6 is 0 Å². The number of rotatable bonds is 4. The van der Waals surface area contributed by atoms with Crippen molar-refractivity contribution in [2.24, 2.45) is 0 Å². The van der Waals surface area contributed by atoms with Gasteiger partial charge < -0.3 is 10.1 Å². The number of hydrogen-bond donors (Lipinski definition) is 1. The maximum Gasteiger partial charge on any atom is 0.187 e. The van der Waals surface area contributed by atoms with E-state index in [4.69, 9.17) is 4.74 Å². The van der Waals surface area contributed by atoms with Crippen LogP contribution in [0.15, 0.2) is 48.8 Å². The number of nitrogens with one attached hydrogen (secondary N) is 1. The zero-order chi connectivity index (χ0) is 14.7. The average Bonchev–Trinajstić information content (AvgIpc) is 2.54. The summed E-state index contributed by atoms with van der Waals surface area (Å²) >= 11 is 0. The van der Waals surface area contributed by atoms with Crippen molar-refractivity contribution in [1.82, 2.24) is 9.97 Å². The Kier molecular flexibility index (Phi) is 3.69. The molecule has 3 aromatic rings. The van der Waals surface area contributed by atoms with Gasteiger partial charge in [0.2, 0.25) is 0 Å². The molecule has 0 spiro atoms. The average molecular weight is 279 g/mol. The van der Waals surface area contributed by atoms with Crippen molar-refractivity contribution in [3.8, 4) is 17.0 Å². The Balaban J connectivity index is 2.25. The van der Waals surface area contributed by atoms with Crippen LogP contribution in [0.5, 0.6) is 5.75 Å². The van der Waals surface area contributed by atoms with Crippen LogP contribution in [-0.4, -0.2) is 23.6 Å². The molecule has 0 unspecified atom stereocenters. The number of methoxy groups -OCH3 is 1. The quantitative estimate of drug-likeness (QED) is 0.790. The van der Waals surface area contributed by atoms with Gasteiger partial charge in [-0.1, -0.05) is 42.5 Å². The fraction of sp³-hybridized carbons (Fsp3) is 0.176. The van der Waals surface area contributed by atoms with Gasteiger partial charge in [-0.05, 0) is 17.7 Å². The molecule has 0 aliphatic rings. The summed E-state index contributed by atoms with van der Waals surface area (Å²) in [6.07, 6.45) is 1.57. The van der Waals surface area contributed by atoms with E-state index in [0.29, 0.717) is 5.75 Å². The Labute approximate surface area is 123 Å². The highest BCUT2D eigenvalue weighted by molar-refractivity contribution is 5.97. The van der Waals surface area contributed by atoms with Gasteiger partial charge in [0.05, 0.1) is 7.11 Å². The Morgan fingerprint density at radius 1 is 1.05 bits per heavy atom. The van der Waals surface area contributed by atoms with E-state index in [1.54, 1.807) is 13.4 Å². The van der Waals surface area contributed by atoms with Gasteiger partial charge in [0, 0.05) is 12.1 Å². The molecule has 1 heterocycles. The molecule has 2 aromatic carbocycles. The molecule has 0 aliphatic carbocycles. The molecule has 106 valence electrons. The molecule has 4 nitrogen and oxygen atoms in total. The fourth-order valence-corrected chi connectivity index (χ4v) is 2.48. The van der Waals surface area contributed by atoms with Gasteiger partial charge in [-0.15, -0.1) is 0 Å². The van der Waals surface area contributed by atoms with Crippen LogP contribution in [0.25, 0.3) is 22.0 Å².